The summed E-state index contributed by atoms with van der Waals surface area (Å²) in [6, 6.07) is 21.5. The molecule has 2 N–H and O–H groups in total. The number of carbonyl (C=O) groups is 2. The smallest absolute Gasteiger partial charge is 0.233 e. The molecule has 2 amide bonds. The molecule has 0 spiro atoms. The minimum Gasteiger partial charge on any atom is -0.453 e. The van der Waals surface area contributed by atoms with E-state index in [0.717, 1.165) is 72.5 Å². The number of pyridine rings is 1. The first-order chi connectivity index (χ1) is 23.7. The molecule has 0 radical (unpaired) electrons. The van der Waals surface area contributed by atoms with Crippen molar-refractivity contribution in [2.75, 3.05) is 64.0 Å². The summed E-state index contributed by atoms with van der Waals surface area (Å²) in [7, 11) is 4.34. The monoisotopic (exact) mass is 684 g/mol. The van der Waals surface area contributed by atoms with Crippen molar-refractivity contribution in [1.29, 1.82) is 0 Å². The highest BCUT2D eigenvalue weighted by Crippen LogP contribution is 2.40. The Morgan fingerprint density at radius 1 is 0.878 bits per heavy atom. The third-order valence-corrected chi connectivity index (χ3v) is 9.53. The fraction of sp³-hybridized carbons (Fsp3) is 0.270. The molecule has 0 atom stereocenters. The number of hydrogen-bond donors (Lipinski definition) is 2. The number of benzene rings is 3. The molecule has 3 aromatic carbocycles. The first-order valence-corrected chi connectivity index (χ1v) is 16.9. The molecule has 49 heavy (non-hydrogen) atoms. The van der Waals surface area contributed by atoms with E-state index in [0.29, 0.717) is 11.4 Å². The van der Waals surface area contributed by atoms with Crippen LogP contribution in [0.3, 0.4) is 0 Å². The Morgan fingerprint density at radius 2 is 1.57 bits per heavy atom. The zero-order valence-corrected chi connectivity index (χ0v) is 28.2. The molecular formula is C37H38F2N6O3S. The Balaban J connectivity index is 1.04. The molecule has 0 aliphatic carbocycles. The number of aromatic nitrogens is 1. The number of carbonyl (C=O) groups excluding carboxylic acids is 2. The third kappa shape index (κ3) is 9.24. The molecule has 1 saturated heterocycles. The second-order valence-electron chi connectivity index (χ2n) is 12.2. The summed E-state index contributed by atoms with van der Waals surface area (Å²) < 4.78 is 35.0. The van der Waals surface area contributed by atoms with E-state index in [4.69, 9.17) is 4.74 Å². The molecular weight excluding hydrogens is 647 g/mol. The average molecular weight is 685 g/mol. The maximum atomic E-state index is 15.1. The lowest BCUT2D eigenvalue weighted by atomic mass is 10.1. The van der Waals surface area contributed by atoms with Crippen LogP contribution in [0.4, 0.5) is 20.2 Å². The minimum atomic E-state index is -0.681. The summed E-state index contributed by atoms with van der Waals surface area (Å²) >= 11 is 1.52. The Morgan fingerprint density at radius 3 is 2.29 bits per heavy atom. The number of piperazine rings is 1. The Kier molecular flexibility index (Phi) is 10.9. The second kappa shape index (κ2) is 15.6. The van der Waals surface area contributed by atoms with Gasteiger partial charge in [-0.2, -0.15) is 0 Å². The first-order valence-electron chi connectivity index (χ1n) is 16.1. The third-order valence-electron chi connectivity index (χ3n) is 8.35. The van der Waals surface area contributed by atoms with Gasteiger partial charge >= 0.3 is 0 Å². The van der Waals surface area contributed by atoms with Gasteiger partial charge in [0.1, 0.15) is 18.0 Å². The van der Waals surface area contributed by atoms with Gasteiger partial charge in [-0.25, -0.2) is 8.78 Å². The van der Waals surface area contributed by atoms with Crippen LogP contribution in [0, 0.1) is 11.6 Å². The zero-order valence-electron chi connectivity index (χ0n) is 27.4. The Hall–Kier alpha value is -4.75. The van der Waals surface area contributed by atoms with Crippen LogP contribution in [0.5, 0.6) is 11.5 Å². The molecule has 6 rings (SSSR count). The van der Waals surface area contributed by atoms with Crippen molar-refractivity contribution in [2.45, 2.75) is 13.0 Å². The summed E-state index contributed by atoms with van der Waals surface area (Å²) in [5.74, 6) is -1.89. The summed E-state index contributed by atoms with van der Waals surface area (Å²) in [6.07, 6.45) is 1.13. The van der Waals surface area contributed by atoms with Gasteiger partial charge in [0.25, 0.3) is 0 Å². The van der Waals surface area contributed by atoms with Crippen molar-refractivity contribution in [2.24, 2.45) is 0 Å². The molecule has 3 heterocycles. The van der Waals surface area contributed by atoms with Crippen molar-refractivity contribution in [3.05, 3.63) is 102 Å². The molecule has 0 unspecified atom stereocenters. The van der Waals surface area contributed by atoms with Crippen LogP contribution in [0.15, 0.2) is 85.1 Å². The topological polar surface area (TPSA) is 90.0 Å². The summed E-state index contributed by atoms with van der Waals surface area (Å²) in [6.45, 7) is 7.48. The van der Waals surface area contributed by atoms with Gasteiger partial charge in [0.2, 0.25) is 11.8 Å². The molecule has 1 fully saturated rings. The number of ether oxygens (including phenoxy) is 1. The number of thiophene rings is 1. The lowest BCUT2D eigenvalue weighted by Gasteiger charge is -2.33. The zero-order chi connectivity index (χ0) is 34.3. The molecule has 1 aliphatic heterocycles. The molecule has 1 aliphatic rings. The minimum absolute atomic E-state index is 0.0180. The van der Waals surface area contributed by atoms with Crippen LogP contribution >= 0.6 is 11.3 Å². The number of hydrogen-bond acceptors (Lipinski definition) is 8. The fourth-order valence-electron chi connectivity index (χ4n) is 5.56. The highest BCUT2D eigenvalue weighted by Gasteiger charge is 2.16. The number of fused-ring (bicyclic) bond motifs is 1. The van der Waals surface area contributed by atoms with E-state index in [9.17, 15) is 14.0 Å². The normalized spacial score (nSPS) is 13.9. The summed E-state index contributed by atoms with van der Waals surface area (Å²) in [4.78, 5) is 37.3. The Bertz CT molecular complexity index is 1910. The summed E-state index contributed by atoms with van der Waals surface area (Å²) in [5, 5.41) is 5.03. The molecule has 5 aromatic rings. The standard InChI is InChI=1S/C37H38F2N6O3S/c1-43-15-18-45(19-16-43)20-17-44(2)24-25-3-5-26(6-4-25)34-22-31-37(49-34)33(13-14-40-31)48-32-12-11-29(21-30(32)39)42-36(47)23-35(46)41-28-9-7-27(38)8-10-28/h3-14,21-22H,15-20,23-24H2,1-2H3,(H,41,46)(H,42,47). The van der Waals surface area contributed by atoms with Crippen molar-refractivity contribution >= 4 is 44.7 Å². The number of nitrogens with zero attached hydrogens (tertiary/aromatic N) is 4. The van der Waals surface area contributed by atoms with Crippen molar-refractivity contribution in [3.63, 3.8) is 0 Å². The van der Waals surface area contributed by atoms with Gasteiger partial charge in [0.15, 0.2) is 11.6 Å². The van der Waals surface area contributed by atoms with E-state index in [1.807, 2.05) is 6.07 Å². The van der Waals surface area contributed by atoms with Gasteiger partial charge in [0.05, 0.1) is 10.2 Å². The van der Waals surface area contributed by atoms with Gasteiger partial charge in [0, 0.05) is 80.4 Å². The Labute approximate surface area is 288 Å². The van der Waals surface area contributed by atoms with E-state index in [-0.39, 0.29) is 11.4 Å². The lowest BCUT2D eigenvalue weighted by Crippen LogP contribution is -2.46. The second-order valence-corrected chi connectivity index (χ2v) is 13.3. The van der Waals surface area contributed by atoms with E-state index >= 15 is 4.39 Å². The van der Waals surface area contributed by atoms with Crippen LogP contribution in [0.2, 0.25) is 0 Å². The quantitative estimate of drug-likeness (QED) is 0.142. The number of likely N-dealkylation sites (N-methyl/N-ethyl adjacent to an activating group) is 2. The van der Waals surface area contributed by atoms with Crippen LogP contribution in [0.25, 0.3) is 20.7 Å². The SMILES string of the molecule is CN1CCN(CCN(C)Cc2ccc(-c3cc4nccc(Oc5ccc(NC(=O)CC(=O)Nc6ccc(F)cc6)cc5F)c4s3)cc2)CC1. The van der Waals surface area contributed by atoms with Crippen LogP contribution in [-0.2, 0) is 16.1 Å². The van der Waals surface area contributed by atoms with Crippen molar-refractivity contribution < 1.29 is 23.1 Å². The largest absolute Gasteiger partial charge is 0.453 e. The van der Waals surface area contributed by atoms with Crippen molar-refractivity contribution in [1.82, 2.24) is 19.7 Å². The highest BCUT2D eigenvalue weighted by atomic mass is 32.1. The van der Waals surface area contributed by atoms with E-state index in [2.05, 4.69) is 68.7 Å². The molecule has 254 valence electrons. The van der Waals surface area contributed by atoms with Crippen molar-refractivity contribution in [3.8, 4) is 21.9 Å². The lowest BCUT2D eigenvalue weighted by molar-refractivity contribution is -0.123. The van der Waals surface area contributed by atoms with Gasteiger partial charge in [-0.05, 0) is 67.7 Å². The molecule has 2 aromatic heterocycles. The van der Waals surface area contributed by atoms with Crippen LogP contribution in [0.1, 0.15) is 12.0 Å². The molecule has 12 heteroatoms. The number of halogens is 2. The summed E-state index contributed by atoms with van der Waals surface area (Å²) in [5.41, 5.74) is 3.59. The average Bonchev–Trinajstić information content (AvgIpc) is 3.52. The van der Waals surface area contributed by atoms with Crippen LogP contribution < -0.4 is 15.4 Å². The van der Waals surface area contributed by atoms with Gasteiger partial charge in [-0.1, -0.05) is 24.3 Å². The van der Waals surface area contributed by atoms with E-state index < -0.39 is 29.9 Å². The maximum Gasteiger partial charge on any atom is 0.233 e. The fourth-order valence-corrected chi connectivity index (χ4v) is 6.63. The number of nitrogens with one attached hydrogen (secondary N) is 2. The van der Waals surface area contributed by atoms with E-state index in [1.165, 1.54) is 53.3 Å². The predicted octanol–water partition coefficient (Wildman–Crippen LogP) is 6.68. The van der Waals surface area contributed by atoms with Gasteiger partial charge < -0.3 is 25.2 Å². The predicted molar refractivity (Wildman–Crippen MR) is 190 cm³/mol. The van der Waals surface area contributed by atoms with Gasteiger partial charge in [-0.15, -0.1) is 11.3 Å². The number of amides is 2. The number of rotatable bonds is 12. The van der Waals surface area contributed by atoms with Gasteiger partial charge in [-0.3, -0.25) is 19.5 Å². The molecule has 0 bridgehead atoms. The highest BCUT2D eigenvalue weighted by molar-refractivity contribution is 7.22. The first kappa shape index (κ1) is 34.1. The van der Waals surface area contributed by atoms with E-state index in [1.54, 1.807) is 12.3 Å². The van der Waals surface area contributed by atoms with Crippen LogP contribution in [-0.4, -0.2) is 84.9 Å². The number of anilines is 2. The molecule has 9 nitrogen and oxygen atoms in total. The molecule has 0 saturated carbocycles. The maximum absolute atomic E-state index is 15.1.